The van der Waals surface area contributed by atoms with Crippen LogP contribution in [0.25, 0.3) is 0 Å². The van der Waals surface area contributed by atoms with E-state index in [2.05, 4.69) is 15.4 Å². The number of hydrogen-bond acceptors (Lipinski definition) is 3. The first-order chi connectivity index (χ1) is 8.79. The van der Waals surface area contributed by atoms with Crippen molar-refractivity contribution in [2.24, 2.45) is 0 Å². The average molecular weight is 248 g/mol. The van der Waals surface area contributed by atoms with E-state index in [4.69, 9.17) is 0 Å². The fourth-order valence-corrected chi connectivity index (χ4v) is 1.81. The summed E-state index contributed by atoms with van der Waals surface area (Å²) in [5.74, 6) is 0.745. The van der Waals surface area contributed by atoms with Crippen molar-refractivity contribution in [3.05, 3.63) is 47.8 Å². The maximum atomic E-state index is 13.0. The van der Waals surface area contributed by atoms with Gasteiger partial charge in [-0.05, 0) is 37.6 Å². The summed E-state index contributed by atoms with van der Waals surface area (Å²) in [7, 11) is 0. The van der Waals surface area contributed by atoms with Crippen molar-refractivity contribution in [1.82, 2.24) is 20.1 Å². The van der Waals surface area contributed by atoms with Crippen LogP contribution in [0, 0.1) is 5.82 Å². The third-order valence-corrected chi connectivity index (χ3v) is 2.76. The summed E-state index contributed by atoms with van der Waals surface area (Å²) >= 11 is 0. The Morgan fingerprint density at radius 1 is 1.39 bits per heavy atom. The van der Waals surface area contributed by atoms with Crippen LogP contribution in [-0.4, -0.2) is 21.3 Å². The first-order valence-electron chi connectivity index (χ1n) is 6.11. The molecule has 1 heterocycles. The van der Waals surface area contributed by atoms with E-state index in [0.29, 0.717) is 6.54 Å². The van der Waals surface area contributed by atoms with Gasteiger partial charge in [-0.15, -0.1) is 0 Å². The second-order valence-corrected chi connectivity index (χ2v) is 4.05. The lowest BCUT2D eigenvalue weighted by molar-refractivity contribution is 0.572. The molecule has 0 amide bonds. The summed E-state index contributed by atoms with van der Waals surface area (Å²) in [5, 5.41) is 7.38. The SMILES string of the molecule is CCn1ncnc1CNCCc1cccc(F)c1. The largest absolute Gasteiger partial charge is 0.310 e. The van der Waals surface area contributed by atoms with Crippen LogP contribution >= 0.6 is 0 Å². The van der Waals surface area contributed by atoms with Crippen LogP contribution in [0.1, 0.15) is 18.3 Å². The number of hydrogen-bond donors (Lipinski definition) is 1. The second-order valence-electron chi connectivity index (χ2n) is 4.05. The van der Waals surface area contributed by atoms with E-state index >= 15 is 0 Å². The van der Waals surface area contributed by atoms with Crippen LogP contribution in [-0.2, 0) is 19.5 Å². The standard InChI is InChI=1S/C13H17FN4/c1-2-18-13(16-10-17-18)9-15-7-6-11-4-3-5-12(14)8-11/h3-5,8,10,15H,2,6-7,9H2,1H3. The smallest absolute Gasteiger partial charge is 0.140 e. The molecule has 4 nitrogen and oxygen atoms in total. The monoisotopic (exact) mass is 248 g/mol. The fourth-order valence-electron chi connectivity index (χ4n) is 1.81. The Hall–Kier alpha value is -1.75. The molecule has 0 aliphatic rings. The number of rotatable bonds is 6. The predicted molar refractivity (Wildman–Crippen MR) is 67.5 cm³/mol. The Labute approximate surface area is 106 Å². The molecule has 0 saturated heterocycles. The quantitative estimate of drug-likeness (QED) is 0.792. The number of nitrogens with one attached hydrogen (secondary N) is 1. The molecule has 0 unspecified atom stereocenters. The van der Waals surface area contributed by atoms with E-state index in [1.165, 1.54) is 6.07 Å². The van der Waals surface area contributed by atoms with Crippen molar-refractivity contribution in [2.45, 2.75) is 26.4 Å². The van der Waals surface area contributed by atoms with Gasteiger partial charge in [0, 0.05) is 6.54 Å². The van der Waals surface area contributed by atoms with Gasteiger partial charge in [-0.1, -0.05) is 12.1 Å². The highest BCUT2D eigenvalue weighted by Crippen LogP contribution is 2.03. The normalized spacial score (nSPS) is 10.8. The third-order valence-electron chi connectivity index (χ3n) is 2.76. The van der Waals surface area contributed by atoms with E-state index in [1.807, 2.05) is 17.7 Å². The second kappa shape index (κ2) is 6.26. The third kappa shape index (κ3) is 3.37. The molecule has 18 heavy (non-hydrogen) atoms. The van der Waals surface area contributed by atoms with E-state index in [1.54, 1.807) is 18.5 Å². The Balaban J connectivity index is 1.76. The molecule has 0 atom stereocenters. The topological polar surface area (TPSA) is 42.7 Å². The highest BCUT2D eigenvalue weighted by molar-refractivity contribution is 5.16. The van der Waals surface area contributed by atoms with E-state index in [-0.39, 0.29) is 5.82 Å². The molecule has 1 aromatic carbocycles. The number of aromatic nitrogens is 3. The van der Waals surface area contributed by atoms with Crippen molar-refractivity contribution < 1.29 is 4.39 Å². The molecular formula is C13H17FN4. The lowest BCUT2D eigenvalue weighted by atomic mass is 10.1. The minimum Gasteiger partial charge on any atom is -0.310 e. The zero-order valence-electron chi connectivity index (χ0n) is 10.4. The number of benzene rings is 1. The molecule has 0 saturated carbocycles. The summed E-state index contributed by atoms with van der Waals surface area (Å²) in [5.41, 5.74) is 0.999. The molecule has 2 aromatic rings. The van der Waals surface area contributed by atoms with Crippen LogP contribution in [0.15, 0.2) is 30.6 Å². The molecule has 5 heteroatoms. The maximum absolute atomic E-state index is 13.0. The molecule has 0 radical (unpaired) electrons. The fraction of sp³-hybridized carbons (Fsp3) is 0.385. The molecule has 1 aromatic heterocycles. The van der Waals surface area contributed by atoms with E-state index in [0.717, 1.165) is 30.9 Å². The van der Waals surface area contributed by atoms with Crippen molar-refractivity contribution in [1.29, 1.82) is 0 Å². The van der Waals surface area contributed by atoms with Gasteiger partial charge < -0.3 is 5.32 Å². The molecule has 96 valence electrons. The van der Waals surface area contributed by atoms with Crippen LogP contribution < -0.4 is 5.32 Å². The van der Waals surface area contributed by atoms with Gasteiger partial charge in [-0.2, -0.15) is 5.10 Å². The molecule has 2 rings (SSSR count). The number of nitrogens with zero attached hydrogens (tertiary/aromatic N) is 3. The van der Waals surface area contributed by atoms with Gasteiger partial charge in [0.05, 0.1) is 6.54 Å². The first kappa shape index (κ1) is 12.7. The van der Waals surface area contributed by atoms with Gasteiger partial charge in [0.15, 0.2) is 0 Å². The van der Waals surface area contributed by atoms with E-state index < -0.39 is 0 Å². The van der Waals surface area contributed by atoms with Crippen LogP contribution in [0.3, 0.4) is 0 Å². The number of halogens is 1. The molecule has 0 spiro atoms. The Morgan fingerprint density at radius 3 is 3.06 bits per heavy atom. The zero-order chi connectivity index (χ0) is 12.8. The van der Waals surface area contributed by atoms with Gasteiger partial charge in [0.25, 0.3) is 0 Å². The lowest BCUT2D eigenvalue weighted by Crippen LogP contribution is -2.20. The van der Waals surface area contributed by atoms with Gasteiger partial charge in [-0.25, -0.2) is 14.1 Å². The number of aryl methyl sites for hydroxylation is 1. The summed E-state index contributed by atoms with van der Waals surface area (Å²) in [6.07, 6.45) is 2.37. The summed E-state index contributed by atoms with van der Waals surface area (Å²) in [6, 6.07) is 6.69. The summed E-state index contributed by atoms with van der Waals surface area (Å²) in [6.45, 7) is 4.33. The van der Waals surface area contributed by atoms with Crippen molar-refractivity contribution >= 4 is 0 Å². The predicted octanol–water partition coefficient (Wildman–Crippen LogP) is 1.77. The molecule has 0 aliphatic heterocycles. The first-order valence-corrected chi connectivity index (χ1v) is 6.11. The lowest BCUT2D eigenvalue weighted by Gasteiger charge is -2.05. The molecule has 1 N–H and O–H groups in total. The minimum absolute atomic E-state index is 0.182. The van der Waals surface area contributed by atoms with Gasteiger partial charge in [-0.3, -0.25) is 0 Å². The van der Waals surface area contributed by atoms with Crippen LogP contribution in [0.2, 0.25) is 0 Å². The van der Waals surface area contributed by atoms with Crippen molar-refractivity contribution in [3.63, 3.8) is 0 Å². The van der Waals surface area contributed by atoms with Crippen molar-refractivity contribution in [2.75, 3.05) is 6.54 Å². The van der Waals surface area contributed by atoms with Gasteiger partial charge in [0.1, 0.15) is 18.0 Å². The highest BCUT2D eigenvalue weighted by Gasteiger charge is 2.01. The summed E-state index contributed by atoms with van der Waals surface area (Å²) in [4.78, 5) is 4.18. The van der Waals surface area contributed by atoms with Gasteiger partial charge >= 0.3 is 0 Å². The summed E-state index contributed by atoms with van der Waals surface area (Å²) < 4.78 is 14.8. The highest BCUT2D eigenvalue weighted by atomic mass is 19.1. The average Bonchev–Trinajstić information content (AvgIpc) is 2.82. The molecular weight excluding hydrogens is 231 g/mol. The Morgan fingerprint density at radius 2 is 2.28 bits per heavy atom. The molecule has 0 aliphatic carbocycles. The molecule has 0 bridgehead atoms. The Kier molecular flexibility index (Phi) is 4.41. The van der Waals surface area contributed by atoms with Crippen molar-refractivity contribution in [3.8, 4) is 0 Å². The zero-order valence-corrected chi connectivity index (χ0v) is 10.4. The Bertz CT molecular complexity index is 495. The minimum atomic E-state index is -0.182. The van der Waals surface area contributed by atoms with E-state index in [9.17, 15) is 4.39 Å². The molecule has 0 fully saturated rings. The maximum Gasteiger partial charge on any atom is 0.140 e. The van der Waals surface area contributed by atoms with Crippen LogP contribution in [0.5, 0.6) is 0 Å². The van der Waals surface area contributed by atoms with Crippen LogP contribution in [0.4, 0.5) is 4.39 Å². The van der Waals surface area contributed by atoms with Gasteiger partial charge in [0.2, 0.25) is 0 Å².